The van der Waals surface area contributed by atoms with Gasteiger partial charge in [-0.1, -0.05) is 12.1 Å². The van der Waals surface area contributed by atoms with Gasteiger partial charge in [0.2, 0.25) is 6.10 Å². The molecule has 0 saturated carbocycles. The molecule has 10 nitrogen and oxygen atoms in total. The quantitative estimate of drug-likeness (QED) is 0.386. The molecule has 2 heterocycles. The number of nitrogens with one attached hydrogen (secondary N) is 1. The second-order valence-electron chi connectivity index (χ2n) is 7.25. The minimum Gasteiger partial charge on any atom is -0.485 e. The second-order valence-corrected chi connectivity index (χ2v) is 7.25. The molecule has 3 N–H and O–H groups in total. The Bertz CT molecular complexity index is 1310. The van der Waals surface area contributed by atoms with Crippen molar-refractivity contribution in [2.75, 3.05) is 11.9 Å². The maximum absolute atomic E-state index is 14.4. The highest BCUT2D eigenvalue weighted by Crippen LogP contribution is 2.31. The maximum atomic E-state index is 14.4. The first-order chi connectivity index (χ1) is 18.6. The Balaban J connectivity index is 0.000000333. The lowest BCUT2D eigenvalue weighted by Crippen LogP contribution is -2.40. The number of carboxylic acids is 2. The van der Waals surface area contributed by atoms with Gasteiger partial charge in [0.15, 0.2) is 11.5 Å². The molecule has 0 spiro atoms. The third-order valence-corrected chi connectivity index (χ3v) is 4.38. The molecule has 4 rings (SSSR count). The van der Waals surface area contributed by atoms with Crippen molar-refractivity contribution in [2.45, 2.75) is 18.5 Å². The SMILES string of the molecule is O=C(Nc1ccc(-c2ccncn2)c(F)c1)C1COc2ccccc2O1.O=C(O)C(F)(F)F.O=C(O)C(F)(F)F. The van der Waals surface area contributed by atoms with Crippen LogP contribution in [0, 0.1) is 5.82 Å². The fourth-order valence-electron chi connectivity index (χ4n) is 2.62. The summed E-state index contributed by atoms with van der Waals surface area (Å²) in [6.07, 6.45) is -8.09. The molecule has 1 amide bonds. The monoisotopic (exact) mass is 579 g/mol. The van der Waals surface area contributed by atoms with E-state index in [2.05, 4.69) is 15.3 Å². The van der Waals surface area contributed by atoms with Crippen LogP contribution in [0.5, 0.6) is 11.5 Å². The van der Waals surface area contributed by atoms with Gasteiger partial charge in [0, 0.05) is 17.4 Å². The number of alkyl halides is 6. The van der Waals surface area contributed by atoms with E-state index >= 15 is 0 Å². The van der Waals surface area contributed by atoms with Crippen molar-refractivity contribution in [1.82, 2.24) is 9.97 Å². The lowest BCUT2D eigenvalue weighted by Gasteiger charge is -2.25. The van der Waals surface area contributed by atoms with Crippen molar-refractivity contribution >= 4 is 23.5 Å². The number of carbonyl (C=O) groups is 3. The topological polar surface area (TPSA) is 148 Å². The number of rotatable bonds is 3. The standard InChI is InChI=1S/C19H14FN3O3.2C2HF3O2/c20-14-9-12(5-6-13(14)15-7-8-21-11-22-15)23-19(24)18-10-25-16-3-1-2-4-17(16)26-18;2*3-2(4,5)1(6)7/h1-9,11,18H,10H2,(H,23,24);2*(H,6,7). The Morgan fingerprint density at radius 1 is 0.900 bits per heavy atom. The summed E-state index contributed by atoms with van der Waals surface area (Å²) in [5.74, 6) is -5.32. The molecule has 1 aliphatic heterocycles. The van der Waals surface area contributed by atoms with Crippen molar-refractivity contribution in [3.63, 3.8) is 0 Å². The van der Waals surface area contributed by atoms with Gasteiger partial charge in [-0.05, 0) is 36.4 Å². The number of amides is 1. The van der Waals surface area contributed by atoms with Crippen LogP contribution in [0.1, 0.15) is 0 Å². The highest BCUT2D eigenvalue weighted by Gasteiger charge is 2.38. The van der Waals surface area contributed by atoms with Crippen LogP contribution in [0.4, 0.5) is 36.4 Å². The van der Waals surface area contributed by atoms with Gasteiger partial charge < -0.3 is 25.0 Å². The molecule has 1 aliphatic rings. The average Bonchev–Trinajstić information content (AvgIpc) is 2.88. The smallest absolute Gasteiger partial charge is 0.485 e. The van der Waals surface area contributed by atoms with E-state index in [1.807, 2.05) is 6.07 Å². The largest absolute Gasteiger partial charge is 0.490 e. The van der Waals surface area contributed by atoms with Crippen LogP contribution in [0.2, 0.25) is 0 Å². The molecule has 0 fully saturated rings. The third-order valence-electron chi connectivity index (χ3n) is 4.38. The molecule has 0 aliphatic carbocycles. The first-order valence-electron chi connectivity index (χ1n) is 10.4. The number of ether oxygens (including phenoxy) is 2. The molecule has 1 unspecified atom stereocenters. The highest BCUT2D eigenvalue weighted by molar-refractivity contribution is 5.95. The molecule has 0 radical (unpaired) electrons. The van der Waals surface area contributed by atoms with Crippen LogP contribution in [0.3, 0.4) is 0 Å². The Morgan fingerprint density at radius 3 is 1.98 bits per heavy atom. The molecule has 1 atom stereocenters. The summed E-state index contributed by atoms with van der Waals surface area (Å²) in [6, 6.07) is 13.1. The summed E-state index contributed by atoms with van der Waals surface area (Å²) in [4.78, 5) is 38.0. The molecule has 1 aromatic heterocycles. The molecule has 2 aromatic carbocycles. The summed E-state index contributed by atoms with van der Waals surface area (Å²) in [5.41, 5.74) is 1.13. The fourth-order valence-corrected chi connectivity index (χ4v) is 2.62. The minimum absolute atomic E-state index is 0.0876. The van der Waals surface area contributed by atoms with E-state index in [1.54, 1.807) is 36.4 Å². The van der Waals surface area contributed by atoms with Gasteiger partial charge in [-0.3, -0.25) is 4.79 Å². The van der Waals surface area contributed by atoms with Gasteiger partial charge in [-0.15, -0.1) is 0 Å². The minimum atomic E-state index is -5.08. The number of benzene rings is 2. The number of hydrogen-bond acceptors (Lipinski definition) is 7. The van der Waals surface area contributed by atoms with E-state index in [1.165, 1.54) is 18.6 Å². The van der Waals surface area contributed by atoms with Crippen LogP contribution >= 0.6 is 0 Å². The van der Waals surface area contributed by atoms with Crippen LogP contribution in [-0.4, -0.2) is 63.1 Å². The fraction of sp³-hybridized carbons (Fsp3) is 0.174. The van der Waals surface area contributed by atoms with Crippen LogP contribution in [-0.2, 0) is 14.4 Å². The number of carboxylic acid groups (broad SMARTS) is 2. The molecule has 17 heteroatoms. The van der Waals surface area contributed by atoms with Gasteiger partial charge in [0.1, 0.15) is 18.8 Å². The van der Waals surface area contributed by atoms with Crippen LogP contribution in [0.25, 0.3) is 11.3 Å². The number of halogens is 7. The zero-order chi connectivity index (χ0) is 30.1. The molecule has 40 heavy (non-hydrogen) atoms. The molecule has 0 saturated heterocycles. The molecule has 0 bridgehead atoms. The van der Waals surface area contributed by atoms with Crippen molar-refractivity contribution in [3.05, 3.63) is 66.9 Å². The Labute approximate surface area is 219 Å². The van der Waals surface area contributed by atoms with E-state index in [4.69, 9.17) is 29.3 Å². The lowest BCUT2D eigenvalue weighted by atomic mass is 10.1. The van der Waals surface area contributed by atoms with Gasteiger partial charge >= 0.3 is 24.3 Å². The number of fused-ring (bicyclic) bond motifs is 1. The van der Waals surface area contributed by atoms with Crippen molar-refractivity contribution in [3.8, 4) is 22.8 Å². The van der Waals surface area contributed by atoms with E-state index in [-0.39, 0.29) is 6.61 Å². The van der Waals surface area contributed by atoms with Gasteiger partial charge in [-0.25, -0.2) is 23.9 Å². The van der Waals surface area contributed by atoms with E-state index in [0.29, 0.717) is 28.4 Å². The zero-order valence-corrected chi connectivity index (χ0v) is 19.5. The van der Waals surface area contributed by atoms with E-state index in [0.717, 1.165) is 0 Å². The number of carbonyl (C=O) groups excluding carboxylic acids is 1. The first kappa shape index (κ1) is 31.3. The number of anilines is 1. The summed E-state index contributed by atoms with van der Waals surface area (Å²) in [7, 11) is 0. The predicted molar refractivity (Wildman–Crippen MR) is 120 cm³/mol. The number of para-hydroxylation sites is 2. The molecule has 214 valence electrons. The summed E-state index contributed by atoms with van der Waals surface area (Å²) >= 11 is 0. The van der Waals surface area contributed by atoms with Crippen molar-refractivity contribution in [1.29, 1.82) is 0 Å². The van der Waals surface area contributed by atoms with Crippen LogP contribution < -0.4 is 14.8 Å². The first-order valence-corrected chi connectivity index (χ1v) is 10.4. The summed E-state index contributed by atoms with van der Waals surface area (Å²) < 4.78 is 89.0. The maximum Gasteiger partial charge on any atom is 0.490 e. The Hall–Kier alpha value is -4.96. The molecular formula is C23H16F7N3O7. The van der Waals surface area contributed by atoms with Crippen molar-refractivity contribution in [2.24, 2.45) is 0 Å². The second kappa shape index (κ2) is 13.2. The average molecular weight is 579 g/mol. The number of hydrogen-bond donors (Lipinski definition) is 3. The molecular weight excluding hydrogens is 563 g/mol. The van der Waals surface area contributed by atoms with E-state index in [9.17, 15) is 35.5 Å². The summed E-state index contributed by atoms with van der Waals surface area (Å²) in [6.45, 7) is 0.0876. The van der Waals surface area contributed by atoms with Gasteiger partial charge in [0.05, 0.1) is 5.69 Å². The van der Waals surface area contributed by atoms with E-state index < -0.39 is 42.1 Å². The van der Waals surface area contributed by atoms with Crippen LogP contribution in [0.15, 0.2) is 61.1 Å². The zero-order valence-electron chi connectivity index (χ0n) is 19.5. The molecule has 3 aromatic rings. The van der Waals surface area contributed by atoms with Gasteiger partial charge in [0.25, 0.3) is 5.91 Å². The van der Waals surface area contributed by atoms with Crippen molar-refractivity contribution < 1.29 is 64.8 Å². The number of nitrogens with zero attached hydrogens (tertiary/aromatic N) is 2. The predicted octanol–water partition coefficient (Wildman–Crippen LogP) is 4.33. The highest BCUT2D eigenvalue weighted by atomic mass is 19.4. The van der Waals surface area contributed by atoms with Gasteiger partial charge in [-0.2, -0.15) is 26.3 Å². The normalized spacial score (nSPS) is 13.9. The summed E-state index contributed by atoms with van der Waals surface area (Å²) in [5, 5.41) is 16.9. The Kier molecular flexibility index (Phi) is 10.3. The lowest BCUT2D eigenvalue weighted by molar-refractivity contribution is -0.193. The number of aromatic nitrogens is 2. The Morgan fingerprint density at radius 2 is 1.48 bits per heavy atom. The number of aliphatic carboxylic acids is 2. The third kappa shape index (κ3) is 9.41.